The molecule has 3 unspecified atom stereocenters. The first-order valence-electron chi connectivity index (χ1n) is 7.34. The van der Waals surface area contributed by atoms with Crippen LogP contribution in [0.15, 0.2) is 0 Å². The van der Waals surface area contributed by atoms with Gasteiger partial charge in [0.15, 0.2) is 0 Å². The summed E-state index contributed by atoms with van der Waals surface area (Å²) in [5, 5.41) is 3.56. The molecule has 1 aliphatic carbocycles. The highest BCUT2D eigenvalue weighted by atomic mass is 14.9. The molecule has 0 aromatic carbocycles. The normalized spacial score (nSPS) is 27.6. The molecule has 16 heavy (non-hydrogen) atoms. The Hall–Kier alpha value is -0.0400. The summed E-state index contributed by atoms with van der Waals surface area (Å²) in [6.07, 6.45) is 9.98. The van der Waals surface area contributed by atoms with Crippen LogP contribution in [0.1, 0.15) is 65.7 Å². The van der Waals surface area contributed by atoms with Crippen molar-refractivity contribution in [2.45, 2.75) is 71.8 Å². The zero-order valence-corrected chi connectivity index (χ0v) is 11.8. The Morgan fingerprint density at radius 1 is 1.19 bits per heavy atom. The van der Waals surface area contributed by atoms with E-state index in [4.69, 9.17) is 0 Å². The molecule has 1 N–H and O–H groups in total. The average Bonchev–Trinajstić information content (AvgIpc) is 2.72. The van der Waals surface area contributed by atoms with Crippen LogP contribution < -0.4 is 5.32 Å². The van der Waals surface area contributed by atoms with Gasteiger partial charge in [-0.15, -0.1) is 0 Å². The Morgan fingerprint density at radius 3 is 2.44 bits per heavy atom. The summed E-state index contributed by atoms with van der Waals surface area (Å²) >= 11 is 0. The van der Waals surface area contributed by atoms with Crippen molar-refractivity contribution in [3.05, 3.63) is 0 Å². The molecule has 3 atom stereocenters. The standard InChI is InChI=1S/C15H31N/c1-5-13-9-10-14(11-13)15(16-4)8-6-7-12(2)3/h12-16H,5-11H2,1-4H3. The van der Waals surface area contributed by atoms with Crippen LogP contribution in [0.4, 0.5) is 0 Å². The van der Waals surface area contributed by atoms with Crippen LogP contribution in [0, 0.1) is 17.8 Å². The minimum absolute atomic E-state index is 0.787. The molecule has 0 saturated heterocycles. The molecular formula is C15H31N. The van der Waals surface area contributed by atoms with Gasteiger partial charge in [-0.25, -0.2) is 0 Å². The van der Waals surface area contributed by atoms with Crippen molar-refractivity contribution in [1.29, 1.82) is 0 Å². The summed E-state index contributed by atoms with van der Waals surface area (Å²) in [4.78, 5) is 0. The van der Waals surface area contributed by atoms with Crippen molar-refractivity contribution in [2.24, 2.45) is 17.8 Å². The Kier molecular flexibility index (Phi) is 6.41. The summed E-state index contributed by atoms with van der Waals surface area (Å²) in [7, 11) is 2.15. The van der Waals surface area contributed by atoms with Crippen LogP contribution in [0.2, 0.25) is 0 Å². The van der Waals surface area contributed by atoms with E-state index in [1.807, 2.05) is 0 Å². The van der Waals surface area contributed by atoms with Crippen molar-refractivity contribution in [2.75, 3.05) is 7.05 Å². The lowest BCUT2D eigenvalue weighted by Gasteiger charge is -2.23. The van der Waals surface area contributed by atoms with Crippen molar-refractivity contribution >= 4 is 0 Å². The van der Waals surface area contributed by atoms with Crippen molar-refractivity contribution in [1.82, 2.24) is 5.32 Å². The van der Waals surface area contributed by atoms with Gasteiger partial charge < -0.3 is 5.32 Å². The molecule has 1 rings (SSSR count). The maximum absolute atomic E-state index is 3.56. The molecule has 1 saturated carbocycles. The molecule has 0 bridgehead atoms. The molecule has 0 aromatic heterocycles. The predicted octanol–water partition coefficient (Wildman–Crippen LogP) is 4.23. The van der Waals surface area contributed by atoms with Gasteiger partial charge in [0.05, 0.1) is 0 Å². The molecule has 0 radical (unpaired) electrons. The molecule has 96 valence electrons. The Morgan fingerprint density at radius 2 is 1.94 bits per heavy atom. The van der Waals surface area contributed by atoms with E-state index in [0.717, 1.165) is 23.8 Å². The van der Waals surface area contributed by atoms with Gasteiger partial charge in [0.25, 0.3) is 0 Å². The van der Waals surface area contributed by atoms with Gasteiger partial charge >= 0.3 is 0 Å². The lowest BCUT2D eigenvalue weighted by Crippen LogP contribution is -2.32. The van der Waals surface area contributed by atoms with Crippen molar-refractivity contribution in [3.8, 4) is 0 Å². The van der Waals surface area contributed by atoms with E-state index in [1.165, 1.54) is 44.9 Å². The summed E-state index contributed by atoms with van der Waals surface area (Å²) in [6, 6.07) is 0.787. The zero-order valence-electron chi connectivity index (χ0n) is 11.8. The lowest BCUT2D eigenvalue weighted by molar-refractivity contribution is 0.332. The van der Waals surface area contributed by atoms with Crippen LogP contribution in [-0.4, -0.2) is 13.1 Å². The molecule has 1 fully saturated rings. The molecule has 0 aliphatic heterocycles. The van der Waals surface area contributed by atoms with Crippen LogP contribution in [-0.2, 0) is 0 Å². The molecule has 0 spiro atoms. The zero-order chi connectivity index (χ0) is 12.0. The minimum atomic E-state index is 0.787. The van der Waals surface area contributed by atoms with Crippen LogP contribution in [0.5, 0.6) is 0 Å². The topological polar surface area (TPSA) is 12.0 Å². The molecule has 1 aliphatic rings. The fourth-order valence-corrected chi connectivity index (χ4v) is 3.21. The molecule has 0 heterocycles. The summed E-state index contributed by atoms with van der Waals surface area (Å²) in [5.74, 6) is 2.84. The second-order valence-electron chi connectivity index (χ2n) is 6.07. The van der Waals surface area contributed by atoms with E-state index in [1.54, 1.807) is 0 Å². The SMILES string of the molecule is CCC1CCC(C(CCCC(C)C)NC)C1. The Labute approximate surface area is 102 Å². The second-order valence-corrected chi connectivity index (χ2v) is 6.07. The number of nitrogens with one attached hydrogen (secondary N) is 1. The van der Waals surface area contributed by atoms with Gasteiger partial charge in [-0.1, -0.05) is 46.5 Å². The third kappa shape index (κ3) is 4.45. The lowest BCUT2D eigenvalue weighted by atomic mass is 9.91. The smallest absolute Gasteiger partial charge is 0.00924 e. The first kappa shape index (κ1) is 14.0. The number of rotatable bonds is 7. The highest BCUT2D eigenvalue weighted by Crippen LogP contribution is 2.36. The third-order valence-electron chi connectivity index (χ3n) is 4.40. The summed E-state index contributed by atoms with van der Waals surface area (Å²) < 4.78 is 0. The second kappa shape index (κ2) is 7.32. The van der Waals surface area contributed by atoms with E-state index in [2.05, 4.69) is 33.1 Å². The quantitative estimate of drug-likeness (QED) is 0.684. The molecule has 0 amide bonds. The minimum Gasteiger partial charge on any atom is -0.317 e. The van der Waals surface area contributed by atoms with E-state index in [9.17, 15) is 0 Å². The highest BCUT2D eigenvalue weighted by Gasteiger charge is 2.28. The van der Waals surface area contributed by atoms with Crippen molar-refractivity contribution in [3.63, 3.8) is 0 Å². The van der Waals surface area contributed by atoms with E-state index >= 15 is 0 Å². The Balaban J connectivity index is 2.25. The summed E-state index contributed by atoms with van der Waals surface area (Å²) in [6.45, 7) is 7.01. The number of hydrogen-bond acceptors (Lipinski definition) is 1. The number of hydrogen-bond donors (Lipinski definition) is 1. The van der Waals surface area contributed by atoms with E-state index < -0.39 is 0 Å². The molecule has 0 aromatic rings. The maximum Gasteiger partial charge on any atom is 0.00924 e. The maximum atomic E-state index is 3.56. The average molecular weight is 225 g/mol. The predicted molar refractivity (Wildman–Crippen MR) is 72.7 cm³/mol. The van der Waals surface area contributed by atoms with Gasteiger partial charge in [-0.2, -0.15) is 0 Å². The first-order valence-corrected chi connectivity index (χ1v) is 7.34. The Bertz CT molecular complexity index is 176. The van der Waals surface area contributed by atoms with Gasteiger partial charge in [0.1, 0.15) is 0 Å². The largest absolute Gasteiger partial charge is 0.317 e. The van der Waals surface area contributed by atoms with Crippen LogP contribution in [0.3, 0.4) is 0 Å². The first-order chi connectivity index (χ1) is 7.67. The van der Waals surface area contributed by atoms with Crippen LogP contribution in [0.25, 0.3) is 0 Å². The van der Waals surface area contributed by atoms with Gasteiger partial charge in [-0.05, 0) is 44.1 Å². The third-order valence-corrected chi connectivity index (χ3v) is 4.40. The van der Waals surface area contributed by atoms with Crippen molar-refractivity contribution < 1.29 is 0 Å². The van der Waals surface area contributed by atoms with Crippen LogP contribution >= 0.6 is 0 Å². The molecule has 1 nitrogen and oxygen atoms in total. The van der Waals surface area contributed by atoms with Gasteiger partial charge in [0, 0.05) is 6.04 Å². The molecule has 1 heteroatoms. The highest BCUT2D eigenvalue weighted by molar-refractivity contribution is 4.83. The fraction of sp³-hybridized carbons (Fsp3) is 1.00. The monoisotopic (exact) mass is 225 g/mol. The fourth-order valence-electron chi connectivity index (χ4n) is 3.21. The van der Waals surface area contributed by atoms with Gasteiger partial charge in [-0.3, -0.25) is 0 Å². The van der Waals surface area contributed by atoms with E-state index in [-0.39, 0.29) is 0 Å². The van der Waals surface area contributed by atoms with E-state index in [0.29, 0.717) is 0 Å². The summed E-state index contributed by atoms with van der Waals surface area (Å²) in [5.41, 5.74) is 0. The van der Waals surface area contributed by atoms with Gasteiger partial charge in [0.2, 0.25) is 0 Å². The molecular weight excluding hydrogens is 194 g/mol.